The second-order valence-electron chi connectivity index (χ2n) is 12.8. The van der Waals surface area contributed by atoms with Crippen molar-refractivity contribution in [1.82, 2.24) is 5.32 Å². The third kappa shape index (κ3) is 11.7. The van der Waals surface area contributed by atoms with E-state index in [0.29, 0.717) is 19.8 Å². The molecule has 8 heteroatoms. The number of hydrogen-bond acceptors (Lipinski definition) is 8. The normalized spacial score (nSPS) is 17.8. The van der Waals surface area contributed by atoms with Crippen molar-refractivity contribution >= 4 is 5.97 Å². The highest BCUT2D eigenvalue weighted by Gasteiger charge is 2.47. The molecular formula is C42H49NO7. The Hall–Kier alpha value is -4.15. The molecule has 0 aliphatic carbocycles. The summed E-state index contributed by atoms with van der Waals surface area (Å²) >= 11 is 0. The van der Waals surface area contributed by atoms with Crippen LogP contribution < -0.4 is 5.32 Å². The number of ether oxygens (including phenoxy) is 6. The van der Waals surface area contributed by atoms with Gasteiger partial charge in [-0.15, -0.1) is 6.58 Å². The van der Waals surface area contributed by atoms with E-state index in [1.807, 2.05) is 135 Å². The van der Waals surface area contributed by atoms with Gasteiger partial charge in [-0.3, -0.25) is 4.79 Å². The van der Waals surface area contributed by atoms with Crippen LogP contribution in [0.4, 0.5) is 0 Å². The lowest BCUT2D eigenvalue weighted by molar-refractivity contribution is -0.205. The van der Waals surface area contributed by atoms with Crippen molar-refractivity contribution in [3.63, 3.8) is 0 Å². The molecule has 1 N–H and O–H groups in total. The summed E-state index contributed by atoms with van der Waals surface area (Å²) in [6.45, 7) is 9.48. The Morgan fingerprint density at radius 3 is 1.66 bits per heavy atom. The van der Waals surface area contributed by atoms with Crippen molar-refractivity contribution in [2.45, 2.75) is 82.9 Å². The number of esters is 1. The molecule has 0 spiro atoms. The van der Waals surface area contributed by atoms with E-state index in [4.69, 9.17) is 28.4 Å². The molecule has 0 aromatic heterocycles. The van der Waals surface area contributed by atoms with Gasteiger partial charge in [0, 0.05) is 12.6 Å². The van der Waals surface area contributed by atoms with Crippen LogP contribution in [0.5, 0.6) is 0 Å². The van der Waals surface area contributed by atoms with E-state index in [-0.39, 0.29) is 32.2 Å². The molecule has 8 nitrogen and oxygen atoms in total. The Morgan fingerprint density at radius 1 is 0.740 bits per heavy atom. The minimum atomic E-state index is -0.814. The maximum absolute atomic E-state index is 13.5. The lowest BCUT2D eigenvalue weighted by Crippen LogP contribution is -2.57. The summed E-state index contributed by atoms with van der Waals surface area (Å²) in [4.78, 5) is 13.5. The Bertz CT molecular complexity index is 1550. The van der Waals surface area contributed by atoms with E-state index in [1.165, 1.54) is 0 Å². The monoisotopic (exact) mass is 679 g/mol. The summed E-state index contributed by atoms with van der Waals surface area (Å²) in [5.74, 6) is -1.18. The predicted octanol–water partition coefficient (Wildman–Crippen LogP) is 7.17. The van der Waals surface area contributed by atoms with Crippen LogP contribution in [0.2, 0.25) is 0 Å². The maximum Gasteiger partial charge on any atom is 0.307 e. The Balaban J connectivity index is 1.50. The van der Waals surface area contributed by atoms with Crippen LogP contribution in [0.3, 0.4) is 0 Å². The van der Waals surface area contributed by atoms with Gasteiger partial charge in [0.25, 0.3) is 0 Å². The molecule has 4 aromatic rings. The zero-order valence-corrected chi connectivity index (χ0v) is 29.0. The first-order chi connectivity index (χ1) is 24.4. The largest absolute Gasteiger partial charge is 0.461 e. The van der Waals surface area contributed by atoms with Gasteiger partial charge in [-0.05, 0) is 36.1 Å². The van der Waals surface area contributed by atoms with Gasteiger partial charge >= 0.3 is 5.97 Å². The SMILES string of the molecule is C=CCN[C@H](CC(=O)OCc1ccccc1)[C@H](OCc1ccccc1)[C@@H](OCc1ccccc1)[C@H](OCc1ccccc1)[C@H]1COC(C)(C)O1. The number of nitrogens with one attached hydrogen (secondary N) is 1. The highest BCUT2D eigenvalue weighted by molar-refractivity contribution is 5.70. The van der Waals surface area contributed by atoms with Crippen LogP contribution in [0, 0.1) is 0 Å². The fraction of sp³-hybridized carbons (Fsp3) is 0.357. The van der Waals surface area contributed by atoms with Crippen molar-refractivity contribution in [1.29, 1.82) is 0 Å². The minimum absolute atomic E-state index is 0.0181. The van der Waals surface area contributed by atoms with Crippen LogP contribution >= 0.6 is 0 Å². The molecule has 4 aromatic carbocycles. The summed E-state index contributed by atoms with van der Waals surface area (Å²) in [6.07, 6.45) is -0.761. The highest BCUT2D eigenvalue weighted by Crippen LogP contribution is 2.31. The van der Waals surface area contributed by atoms with E-state index in [2.05, 4.69) is 11.9 Å². The first-order valence-electron chi connectivity index (χ1n) is 17.2. The van der Waals surface area contributed by atoms with Crippen molar-refractivity contribution in [3.05, 3.63) is 156 Å². The van der Waals surface area contributed by atoms with Gasteiger partial charge in [-0.2, -0.15) is 0 Å². The lowest BCUT2D eigenvalue weighted by Gasteiger charge is -2.39. The standard InChI is InChI=1S/C42H49NO7/c1-4-25-43-36(26-38(44)45-27-32-17-9-5-10-18-32)39(46-28-33-19-11-6-12-20-33)41(48-30-35-23-15-8-16-24-35)40(37-31-49-42(2,3)50-37)47-29-34-21-13-7-14-22-34/h4-24,36-37,39-41,43H,1,25-31H2,2-3H3/t36-,37-,39+,40-,41-/m1/s1. The average molecular weight is 680 g/mol. The second kappa shape index (κ2) is 19.3. The van der Waals surface area contributed by atoms with Gasteiger partial charge in [-0.25, -0.2) is 0 Å². The molecule has 5 atom stereocenters. The van der Waals surface area contributed by atoms with Gasteiger partial charge in [0.05, 0.1) is 32.8 Å². The molecule has 5 rings (SSSR count). The van der Waals surface area contributed by atoms with Crippen LogP contribution in [0.1, 0.15) is 42.5 Å². The number of carbonyl (C=O) groups excluding carboxylic acids is 1. The third-order valence-corrected chi connectivity index (χ3v) is 8.45. The molecule has 0 saturated carbocycles. The van der Waals surface area contributed by atoms with Crippen LogP contribution in [0.15, 0.2) is 134 Å². The summed E-state index contributed by atoms with van der Waals surface area (Å²) in [6, 6.07) is 39.0. The van der Waals surface area contributed by atoms with Gasteiger partial charge in [0.1, 0.15) is 31.0 Å². The van der Waals surface area contributed by atoms with Gasteiger partial charge in [0.2, 0.25) is 0 Å². The number of hydrogen-bond donors (Lipinski definition) is 1. The van der Waals surface area contributed by atoms with Crippen molar-refractivity contribution in [2.24, 2.45) is 0 Å². The van der Waals surface area contributed by atoms with E-state index < -0.39 is 36.2 Å². The molecule has 50 heavy (non-hydrogen) atoms. The molecular weight excluding hydrogens is 630 g/mol. The van der Waals surface area contributed by atoms with E-state index >= 15 is 0 Å². The smallest absolute Gasteiger partial charge is 0.307 e. The molecule has 1 fully saturated rings. The lowest BCUT2D eigenvalue weighted by atomic mass is 9.94. The van der Waals surface area contributed by atoms with Crippen LogP contribution in [-0.2, 0) is 59.6 Å². The van der Waals surface area contributed by atoms with Gasteiger partial charge in [-0.1, -0.05) is 127 Å². The van der Waals surface area contributed by atoms with Crippen LogP contribution in [-0.4, -0.2) is 55.4 Å². The fourth-order valence-electron chi connectivity index (χ4n) is 5.92. The highest BCUT2D eigenvalue weighted by atomic mass is 16.8. The second-order valence-corrected chi connectivity index (χ2v) is 12.8. The van der Waals surface area contributed by atoms with Crippen molar-refractivity contribution in [2.75, 3.05) is 13.2 Å². The summed E-state index contributed by atoms with van der Waals surface area (Å²) in [7, 11) is 0. The van der Waals surface area contributed by atoms with E-state index in [9.17, 15) is 4.79 Å². The van der Waals surface area contributed by atoms with E-state index in [0.717, 1.165) is 22.3 Å². The Labute approximate surface area is 296 Å². The molecule has 1 aliphatic heterocycles. The molecule has 0 radical (unpaired) electrons. The first kappa shape index (κ1) is 37.1. The zero-order valence-electron chi connectivity index (χ0n) is 29.0. The predicted molar refractivity (Wildman–Crippen MR) is 193 cm³/mol. The molecule has 0 bridgehead atoms. The maximum atomic E-state index is 13.5. The summed E-state index contributed by atoms with van der Waals surface area (Å²) in [5.41, 5.74) is 3.89. The Morgan fingerprint density at radius 2 is 1.20 bits per heavy atom. The third-order valence-electron chi connectivity index (χ3n) is 8.45. The Kier molecular flexibility index (Phi) is 14.3. The van der Waals surface area contributed by atoms with Crippen LogP contribution in [0.25, 0.3) is 0 Å². The molecule has 1 heterocycles. The minimum Gasteiger partial charge on any atom is -0.461 e. The summed E-state index contributed by atoms with van der Waals surface area (Å²) < 4.78 is 38.8. The molecule has 1 aliphatic rings. The van der Waals surface area contributed by atoms with Crippen molar-refractivity contribution < 1.29 is 33.2 Å². The molecule has 0 unspecified atom stereocenters. The zero-order chi connectivity index (χ0) is 35.0. The quantitative estimate of drug-likeness (QED) is 0.0778. The molecule has 1 saturated heterocycles. The number of benzene rings is 4. The van der Waals surface area contributed by atoms with E-state index in [1.54, 1.807) is 6.08 Å². The fourth-order valence-corrected chi connectivity index (χ4v) is 5.92. The summed E-state index contributed by atoms with van der Waals surface area (Å²) in [5, 5.41) is 3.50. The van der Waals surface area contributed by atoms with Gasteiger partial charge < -0.3 is 33.7 Å². The first-order valence-corrected chi connectivity index (χ1v) is 17.2. The average Bonchev–Trinajstić information content (AvgIpc) is 3.52. The number of carbonyl (C=O) groups is 1. The van der Waals surface area contributed by atoms with Gasteiger partial charge in [0.15, 0.2) is 5.79 Å². The molecule has 0 amide bonds. The van der Waals surface area contributed by atoms with Crippen molar-refractivity contribution in [3.8, 4) is 0 Å². The topological polar surface area (TPSA) is 84.5 Å². The molecule has 264 valence electrons. The number of rotatable bonds is 20.